The first-order valence-electron chi connectivity index (χ1n) is 9.75. The lowest BCUT2D eigenvalue weighted by atomic mass is 10.0. The lowest BCUT2D eigenvalue weighted by Crippen LogP contribution is -2.38. The SMILES string of the molecule is Cc1cccc2c(CC(C)NC(=O)COc3nsnc3N3CCOCC3)c[nH]c12. The van der Waals surface area contributed by atoms with E-state index in [1.54, 1.807) is 0 Å². The highest BCUT2D eigenvalue weighted by Crippen LogP contribution is 2.26. The number of carbonyl (C=O) groups excluding carboxylic acids is 1. The highest BCUT2D eigenvalue weighted by atomic mass is 32.1. The van der Waals surface area contributed by atoms with Crippen LogP contribution in [-0.2, 0) is 16.0 Å². The topological polar surface area (TPSA) is 92.4 Å². The van der Waals surface area contributed by atoms with Crippen LogP contribution in [0, 0.1) is 6.92 Å². The van der Waals surface area contributed by atoms with E-state index >= 15 is 0 Å². The normalized spacial score (nSPS) is 15.4. The summed E-state index contributed by atoms with van der Waals surface area (Å²) in [6.45, 7) is 6.80. The molecule has 154 valence electrons. The fourth-order valence-electron chi connectivity index (χ4n) is 3.60. The molecular weight excluding hydrogens is 390 g/mol. The Morgan fingerprint density at radius 3 is 3.03 bits per heavy atom. The van der Waals surface area contributed by atoms with Crippen molar-refractivity contribution >= 4 is 34.4 Å². The number of amides is 1. The third kappa shape index (κ3) is 4.51. The van der Waals surface area contributed by atoms with Crippen LogP contribution in [0.1, 0.15) is 18.1 Å². The van der Waals surface area contributed by atoms with E-state index in [2.05, 4.69) is 49.1 Å². The van der Waals surface area contributed by atoms with Crippen molar-refractivity contribution in [2.24, 2.45) is 0 Å². The van der Waals surface area contributed by atoms with E-state index < -0.39 is 0 Å². The number of benzene rings is 1. The van der Waals surface area contributed by atoms with Gasteiger partial charge in [-0.2, -0.15) is 4.37 Å². The maximum atomic E-state index is 12.4. The van der Waals surface area contributed by atoms with Gasteiger partial charge in [-0.25, -0.2) is 0 Å². The van der Waals surface area contributed by atoms with Crippen molar-refractivity contribution in [2.75, 3.05) is 37.8 Å². The second-order valence-corrected chi connectivity index (χ2v) is 7.79. The van der Waals surface area contributed by atoms with E-state index in [1.807, 2.05) is 13.1 Å². The van der Waals surface area contributed by atoms with Crippen LogP contribution in [0.25, 0.3) is 10.9 Å². The molecule has 1 amide bonds. The monoisotopic (exact) mass is 415 g/mol. The van der Waals surface area contributed by atoms with Crippen LogP contribution in [0.3, 0.4) is 0 Å². The minimum Gasteiger partial charge on any atom is -0.464 e. The number of para-hydroxylation sites is 1. The first kappa shape index (κ1) is 19.7. The van der Waals surface area contributed by atoms with Gasteiger partial charge in [-0.3, -0.25) is 4.79 Å². The zero-order valence-corrected chi connectivity index (χ0v) is 17.4. The van der Waals surface area contributed by atoms with E-state index in [-0.39, 0.29) is 18.6 Å². The number of H-pyrrole nitrogens is 1. The lowest BCUT2D eigenvalue weighted by molar-refractivity contribution is -0.123. The van der Waals surface area contributed by atoms with E-state index in [1.165, 1.54) is 16.5 Å². The van der Waals surface area contributed by atoms with Gasteiger partial charge in [0.25, 0.3) is 11.8 Å². The standard InChI is InChI=1S/C20H25N5O3S/c1-13-4-3-5-16-15(11-21-18(13)16)10-14(2)22-17(26)12-28-20-19(23-29-24-20)25-6-8-27-9-7-25/h3-5,11,14,21H,6-10,12H2,1-2H3,(H,22,26). The van der Waals surface area contributed by atoms with Gasteiger partial charge in [-0.1, -0.05) is 18.2 Å². The Bertz CT molecular complexity index is 980. The van der Waals surface area contributed by atoms with Crippen LogP contribution < -0.4 is 15.0 Å². The Morgan fingerprint density at radius 1 is 1.38 bits per heavy atom. The van der Waals surface area contributed by atoms with Gasteiger partial charge in [0, 0.05) is 36.2 Å². The van der Waals surface area contributed by atoms with Crippen molar-refractivity contribution in [3.63, 3.8) is 0 Å². The smallest absolute Gasteiger partial charge is 0.271 e. The van der Waals surface area contributed by atoms with Crippen molar-refractivity contribution in [1.29, 1.82) is 0 Å². The predicted molar refractivity (Wildman–Crippen MR) is 113 cm³/mol. The molecule has 4 rings (SSSR count). The molecule has 1 aromatic carbocycles. The molecule has 0 radical (unpaired) electrons. The number of aromatic nitrogens is 3. The molecule has 1 aliphatic heterocycles. The summed E-state index contributed by atoms with van der Waals surface area (Å²) >= 11 is 1.09. The van der Waals surface area contributed by atoms with Gasteiger partial charge in [-0.15, -0.1) is 4.37 Å². The third-order valence-corrected chi connectivity index (χ3v) is 5.54. The average molecular weight is 416 g/mol. The van der Waals surface area contributed by atoms with Gasteiger partial charge >= 0.3 is 0 Å². The highest BCUT2D eigenvalue weighted by molar-refractivity contribution is 6.99. The number of nitrogens with zero attached hydrogens (tertiary/aromatic N) is 3. The molecule has 0 saturated carbocycles. The molecule has 2 N–H and O–H groups in total. The summed E-state index contributed by atoms with van der Waals surface area (Å²) < 4.78 is 19.5. The molecule has 1 atom stereocenters. The van der Waals surface area contributed by atoms with Crippen molar-refractivity contribution in [3.8, 4) is 5.88 Å². The molecule has 0 bridgehead atoms. The van der Waals surface area contributed by atoms with Gasteiger partial charge in [0.1, 0.15) is 0 Å². The number of carbonyl (C=O) groups is 1. The number of hydrogen-bond donors (Lipinski definition) is 2. The Morgan fingerprint density at radius 2 is 2.21 bits per heavy atom. The molecule has 1 fully saturated rings. The van der Waals surface area contributed by atoms with Gasteiger partial charge in [-0.05, 0) is 31.4 Å². The number of fused-ring (bicyclic) bond motifs is 1. The number of aromatic amines is 1. The van der Waals surface area contributed by atoms with Crippen LogP contribution in [0.15, 0.2) is 24.4 Å². The Hall–Kier alpha value is -2.65. The maximum Gasteiger partial charge on any atom is 0.271 e. The summed E-state index contributed by atoms with van der Waals surface area (Å²) in [4.78, 5) is 17.8. The first-order chi connectivity index (χ1) is 14.1. The quantitative estimate of drug-likeness (QED) is 0.615. The van der Waals surface area contributed by atoms with Crippen LogP contribution in [0.2, 0.25) is 0 Å². The van der Waals surface area contributed by atoms with Crippen molar-refractivity contribution in [2.45, 2.75) is 26.3 Å². The highest BCUT2D eigenvalue weighted by Gasteiger charge is 2.21. The van der Waals surface area contributed by atoms with Gasteiger partial charge in [0.05, 0.1) is 24.9 Å². The number of nitrogens with one attached hydrogen (secondary N) is 2. The number of hydrogen-bond acceptors (Lipinski definition) is 7. The van der Waals surface area contributed by atoms with Crippen LogP contribution in [0.5, 0.6) is 5.88 Å². The molecule has 1 unspecified atom stereocenters. The van der Waals surface area contributed by atoms with Gasteiger partial charge < -0.3 is 24.7 Å². The molecule has 3 aromatic rings. The van der Waals surface area contributed by atoms with Crippen LogP contribution in [0.4, 0.5) is 5.82 Å². The first-order valence-corrected chi connectivity index (χ1v) is 10.5. The average Bonchev–Trinajstić information content (AvgIpc) is 3.35. The molecule has 9 heteroatoms. The van der Waals surface area contributed by atoms with E-state index in [4.69, 9.17) is 9.47 Å². The summed E-state index contributed by atoms with van der Waals surface area (Å²) in [7, 11) is 0. The van der Waals surface area contributed by atoms with Gasteiger partial charge in [0.15, 0.2) is 6.61 Å². The number of ether oxygens (including phenoxy) is 2. The summed E-state index contributed by atoms with van der Waals surface area (Å²) in [6.07, 6.45) is 2.76. The molecule has 3 heterocycles. The zero-order chi connectivity index (χ0) is 20.2. The van der Waals surface area contributed by atoms with Crippen LogP contribution >= 0.6 is 11.7 Å². The van der Waals surface area contributed by atoms with E-state index in [0.29, 0.717) is 24.9 Å². The Labute approximate surface area is 173 Å². The van der Waals surface area contributed by atoms with E-state index in [0.717, 1.165) is 36.8 Å². The summed E-state index contributed by atoms with van der Waals surface area (Å²) in [6, 6.07) is 6.23. The molecule has 2 aromatic heterocycles. The number of morpholine rings is 1. The fraction of sp³-hybridized carbons (Fsp3) is 0.450. The Balaban J connectivity index is 1.31. The second-order valence-electron chi connectivity index (χ2n) is 7.27. The predicted octanol–water partition coefficient (Wildman–Crippen LogP) is 2.29. The maximum absolute atomic E-state index is 12.4. The molecule has 29 heavy (non-hydrogen) atoms. The van der Waals surface area contributed by atoms with Crippen molar-refractivity contribution in [3.05, 3.63) is 35.5 Å². The molecule has 8 nitrogen and oxygen atoms in total. The second kappa shape index (κ2) is 8.79. The largest absolute Gasteiger partial charge is 0.464 e. The summed E-state index contributed by atoms with van der Waals surface area (Å²) in [5, 5.41) is 4.20. The van der Waals surface area contributed by atoms with Crippen LogP contribution in [-0.4, -0.2) is 58.6 Å². The minimum absolute atomic E-state index is 0.0158. The number of anilines is 1. The van der Waals surface area contributed by atoms with Gasteiger partial charge in [0.2, 0.25) is 5.82 Å². The molecular formula is C20H25N5O3S. The molecule has 0 spiro atoms. The fourth-order valence-corrected chi connectivity index (χ4v) is 4.12. The number of rotatable bonds is 7. The minimum atomic E-state index is -0.172. The van der Waals surface area contributed by atoms with Crippen molar-refractivity contribution in [1.82, 2.24) is 19.0 Å². The molecule has 1 aliphatic rings. The summed E-state index contributed by atoms with van der Waals surface area (Å²) in [5.74, 6) is 0.926. The van der Waals surface area contributed by atoms with E-state index in [9.17, 15) is 4.79 Å². The van der Waals surface area contributed by atoms with Crippen molar-refractivity contribution < 1.29 is 14.3 Å². The Kier molecular flexibility index (Phi) is 5.96. The number of aryl methyl sites for hydroxylation is 1. The molecule has 1 saturated heterocycles. The summed E-state index contributed by atoms with van der Waals surface area (Å²) in [5.41, 5.74) is 3.55. The lowest BCUT2D eigenvalue weighted by Gasteiger charge is -2.26. The third-order valence-electron chi connectivity index (χ3n) is 5.04. The molecule has 0 aliphatic carbocycles. The zero-order valence-electron chi connectivity index (χ0n) is 16.6.